The fraction of sp³-hybridized carbons (Fsp3) is 0.615. The molecule has 0 radical (unpaired) electrons. The van der Waals surface area contributed by atoms with Gasteiger partial charge < -0.3 is 19.7 Å². The van der Waals surface area contributed by atoms with E-state index in [-0.39, 0.29) is 29.1 Å². The number of para-hydroxylation sites is 1. The predicted molar refractivity (Wildman–Crippen MR) is 128 cm³/mol. The molecule has 7 heteroatoms. The highest BCUT2D eigenvalue weighted by atomic mass is 16.5. The topological polar surface area (TPSA) is 83.8 Å². The number of carbonyl (C=O) groups is 1. The van der Waals surface area contributed by atoms with Gasteiger partial charge in [0.15, 0.2) is 0 Å². The molecule has 178 valence electrons. The number of ether oxygens (including phenoxy) is 1. The fourth-order valence-electron chi connectivity index (χ4n) is 7.02. The lowest BCUT2D eigenvalue weighted by molar-refractivity contribution is -0.184. The van der Waals surface area contributed by atoms with Crippen LogP contribution in [0.5, 0.6) is 5.75 Å². The standard InChI is InChI=1S/C26H35N3O4/c1-5-21(29-17-10-16-11-18(29)14-26(12-16,13-17)33-4)27-24(31)22-23(30)19-8-6-7-9-20(19)28(15(2)3)25(22)32/h6-9,15-18,21,30H,5,10-14H2,1-4H3,(H,27,31). The van der Waals surface area contributed by atoms with Crippen LogP contribution in [0.25, 0.3) is 10.9 Å². The second-order valence-electron chi connectivity index (χ2n) is 10.5. The monoisotopic (exact) mass is 453 g/mol. The zero-order valence-corrected chi connectivity index (χ0v) is 20.0. The predicted octanol–water partition coefficient (Wildman–Crippen LogP) is 3.79. The number of aromatic nitrogens is 1. The lowest BCUT2D eigenvalue weighted by Gasteiger charge is -2.62. The first-order valence-electron chi connectivity index (χ1n) is 12.3. The zero-order valence-electron chi connectivity index (χ0n) is 20.0. The summed E-state index contributed by atoms with van der Waals surface area (Å²) in [5, 5.41) is 14.6. The minimum atomic E-state index is -0.500. The Bertz CT molecular complexity index is 1120. The molecule has 1 aromatic heterocycles. The summed E-state index contributed by atoms with van der Waals surface area (Å²) in [5.74, 6) is -0.0484. The van der Waals surface area contributed by atoms with Gasteiger partial charge in [0.1, 0.15) is 11.3 Å². The number of amides is 1. The first-order chi connectivity index (χ1) is 15.8. The normalized spacial score (nSPS) is 29.7. The van der Waals surface area contributed by atoms with Crippen LogP contribution in [-0.4, -0.2) is 51.4 Å². The molecule has 4 fully saturated rings. The Morgan fingerprint density at radius 1 is 1.21 bits per heavy atom. The van der Waals surface area contributed by atoms with Crippen LogP contribution in [0, 0.1) is 5.92 Å². The Hall–Kier alpha value is -2.38. The van der Waals surface area contributed by atoms with Crippen molar-refractivity contribution in [3.05, 3.63) is 40.2 Å². The van der Waals surface area contributed by atoms with Gasteiger partial charge in [-0.25, -0.2) is 0 Å². The number of methoxy groups -OCH3 is 1. The molecule has 33 heavy (non-hydrogen) atoms. The van der Waals surface area contributed by atoms with E-state index in [1.54, 1.807) is 22.8 Å². The van der Waals surface area contributed by atoms with E-state index in [0.717, 1.165) is 38.5 Å². The van der Waals surface area contributed by atoms with Crippen molar-refractivity contribution in [2.24, 2.45) is 5.92 Å². The average Bonchev–Trinajstić information content (AvgIpc) is 2.77. The highest BCUT2D eigenvalue weighted by molar-refractivity contribution is 6.02. The Balaban J connectivity index is 1.48. The second-order valence-corrected chi connectivity index (χ2v) is 10.5. The summed E-state index contributed by atoms with van der Waals surface area (Å²) in [6, 6.07) is 7.80. The van der Waals surface area contributed by atoms with Crippen LogP contribution in [0.3, 0.4) is 0 Å². The number of nitrogens with one attached hydrogen (secondary N) is 1. The van der Waals surface area contributed by atoms with Gasteiger partial charge in [0, 0.05) is 30.6 Å². The van der Waals surface area contributed by atoms with E-state index < -0.39 is 11.5 Å². The van der Waals surface area contributed by atoms with Crippen molar-refractivity contribution in [3.8, 4) is 5.75 Å². The van der Waals surface area contributed by atoms with E-state index in [9.17, 15) is 14.7 Å². The molecule has 1 aromatic carbocycles. The van der Waals surface area contributed by atoms with E-state index in [1.165, 1.54) is 0 Å². The van der Waals surface area contributed by atoms with E-state index in [4.69, 9.17) is 4.74 Å². The molecule has 4 aliphatic rings. The first kappa shape index (κ1) is 22.4. The van der Waals surface area contributed by atoms with Gasteiger partial charge in [-0.05, 0) is 70.4 Å². The van der Waals surface area contributed by atoms with Gasteiger partial charge in [-0.1, -0.05) is 19.1 Å². The molecule has 4 bridgehead atoms. The molecule has 2 aliphatic heterocycles. The van der Waals surface area contributed by atoms with Crippen LogP contribution in [0.2, 0.25) is 0 Å². The second kappa shape index (κ2) is 8.13. The van der Waals surface area contributed by atoms with Gasteiger partial charge in [-0.3, -0.25) is 14.5 Å². The minimum absolute atomic E-state index is 0.0170. The van der Waals surface area contributed by atoms with Crippen molar-refractivity contribution in [1.29, 1.82) is 0 Å². The zero-order chi connectivity index (χ0) is 23.5. The Morgan fingerprint density at radius 3 is 2.48 bits per heavy atom. The van der Waals surface area contributed by atoms with Gasteiger partial charge in [-0.15, -0.1) is 0 Å². The first-order valence-corrected chi connectivity index (χ1v) is 12.3. The SMILES string of the molecule is CCC(NC(=O)c1c(O)c2ccccc2n(C(C)C)c1=O)N1C2CC3CC1CC(OC)(C3)C2. The molecule has 2 saturated carbocycles. The van der Waals surface area contributed by atoms with Crippen LogP contribution in [0.15, 0.2) is 29.1 Å². The molecule has 3 unspecified atom stereocenters. The number of carbonyl (C=O) groups excluding carboxylic acids is 1. The van der Waals surface area contributed by atoms with Crippen molar-refractivity contribution in [3.63, 3.8) is 0 Å². The number of hydrogen-bond acceptors (Lipinski definition) is 5. The number of rotatable bonds is 6. The number of pyridine rings is 1. The molecule has 7 nitrogen and oxygen atoms in total. The Morgan fingerprint density at radius 2 is 1.88 bits per heavy atom. The van der Waals surface area contributed by atoms with Crippen LogP contribution in [0.4, 0.5) is 0 Å². The van der Waals surface area contributed by atoms with Crippen LogP contribution in [-0.2, 0) is 4.74 Å². The number of nitrogens with zero attached hydrogens (tertiary/aromatic N) is 2. The third-order valence-corrected chi connectivity index (χ3v) is 8.24. The van der Waals surface area contributed by atoms with E-state index in [2.05, 4.69) is 17.1 Å². The summed E-state index contributed by atoms with van der Waals surface area (Å²) >= 11 is 0. The number of aromatic hydroxyl groups is 1. The minimum Gasteiger partial charge on any atom is -0.506 e. The van der Waals surface area contributed by atoms with E-state index in [1.807, 2.05) is 27.0 Å². The van der Waals surface area contributed by atoms with Crippen molar-refractivity contribution in [2.75, 3.05) is 7.11 Å². The number of hydrogen-bond donors (Lipinski definition) is 2. The third-order valence-electron chi connectivity index (χ3n) is 8.24. The largest absolute Gasteiger partial charge is 0.506 e. The van der Waals surface area contributed by atoms with E-state index in [0.29, 0.717) is 28.9 Å². The fourth-order valence-corrected chi connectivity index (χ4v) is 7.02. The smallest absolute Gasteiger partial charge is 0.267 e. The maximum absolute atomic E-state index is 13.5. The highest BCUT2D eigenvalue weighted by Gasteiger charge is 2.56. The van der Waals surface area contributed by atoms with Crippen LogP contribution < -0.4 is 10.9 Å². The molecule has 6 rings (SSSR count). The number of fused-ring (bicyclic) bond motifs is 1. The Kier molecular flexibility index (Phi) is 5.52. The third kappa shape index (κ3) is 3.48. The van der Waals surface area contributed by atoms with Crippen LogP contribution >= 0.6 is 0 Å². The molecule has 0 spiro atoms. The van der Waals surface area contributed by atoms with Gasteiger partial charge in [0.05, 0.1) is 17.3 Å². The molecule has 1 amide bonds. The number of piperidine rings is 2. The quantitative estimate of drug-likeness (QED) is 0.695. The molecule has 2 saturated heterocycles. The molecule has 2 aliphatic carbocycles. The molecule has 3 atom stereocenters. The molecule has 2 N–H and O–H groups in total. The molecular formula is C26H35N3O4. The molecule has 2 aromatic rings. The lowest BCUT2D eigenvalue weighted by atomic mass is 9.61. The summed E-state index contributed by atoms with van der Waals surface area (Å²) in [7, 11) is 1.83. The summed E-state index contributed by atoms with van der Waals surface area (Å²) < 4.78 is 7.57. The van der Waals surface area contributed by atoms with Crippen molar-refractivity contribution in [2.45, 2.75) is 89.2 Å². The maximum Gasteiger partial charge on any atom is 0.267 e. The maximum atomic E-state index is 13.5. The van der Waals surface area contributed by atoms with Crippen LogP contribution in [0.1, 0.15) is 75.7 Å². The van der Waals surface area contributed by atoms with Gasteiger partial charge in [-0.2, -0.15) is 0 Å². The van der Waals surface area contributed by atoms with Crippen molar-refractivity contribution < 1.29 is 14.6 Å². The summed E-state index contributed by atoms with van der Waals surface area (Å²) in [5.41, 5.74) is -0.00358. The average molecular weight is 454 g/mol. The molecule has 3 heterocycles. The highest BCUT2D eigenvalue weighted by Crippen LogP contribution is 2.53. The van der Waals surface area contributed by atoms with Crippen molar-refractivity contribution >= 4 is 16.8 Å². The summed E-state index contributed by atoms with van der Waals surface area (Å²) in [6.45, 7) is 5.88. The van der Waals surface area contributed by atoms with Gasteiger partial charge in [0.25, 0.3) is 11.5 Å². The van der Waals surface area contributed by atoms with Crippen molar-refractivity contribution in [1.82, 2.24) is 14.8 Å². The van der Waals surface area contributed by atoms with Gasteiger partial charge >= 0.3 is 0 Å². The Labute approximate surface area is 194 Å². The lowest BCUT2D eigenvalue weighted by Crippen LogP contribution is -2.69. The number of benzene rings is 1. The van der Waals surface area contributed by atoms with E-state index >= 15 is 0 Å². The van der Waals surface area contributed by atoms with Gasteiger partial charge in [0.2, 0.25) is 0 Å². The summed E-state index contributed by atoms with van der Waals surface area (Å²) in [6.07, 6.45) is 5.95. The summed E-state index contributed by atoms with van der Waals surface area (Å²) in [4.78, 5) is 29.3. The molecular weight excluding hydrogens is 418 g/mol.